The number of carbonyl (C=O) groups is 2. The second-order valence-corrected chi connectivity index (χ2v) is 17.1. The fourth-order valence-corrected chi connectivity index (χ4v) is 7.61. The van der Waals surface area contributed by atoms with Crippen LogP contribution in [0.15, 0.2) is 24.3 Å². The number of unbranched alkanes of at least 4 members (excludes halogenated alkanes) is 31. The van der Waals surface area contributed by atoms with Crippen molar-refractivity contribution in [2.75, 3.05) is 13.2 Å². The van der Waals surface area contributed by atoms with Crippen LogP contribution in [0.25, 0.3) is 0 Å². The van der Waals surface area contributed by atoms with Crippen LogP contribution in [0.1, 0.15) is 264 Å². The van der Waals surface area contributed by atoms with Gasteiger partial charge in [0.2, 0.25) is 5.91 Å². The van der Waals surface area contributed by atoms with Crippen LogP contribution in [0.2, 0.25) is 0 Å². The molecule has 0 bridgehead atoms. The highest BCUT2D eigenvalue weighted by Gasteiger charge is 2.20. The summed E-state index contributed by atoms with van der Waals surface area (Å²) in [6.45, 7) is 4.88. The number of carbonyl (C=O) groups excluding carboxylic acids is 2. The molecule has 6 heteroatoms. The summed E-state index contributed by atoms with van der Waals surface area (Å²) in [5, 5.41) is 23.1. The normalized spacial score (nSPS) is 12.8. The molecule has 0 rings (SSSR count). The maximum atomic E-state index is 12.4. The number of amides is 1. The molecule has 0 aliphatic rings. The number of hydrogen-bond donors (Lipinski definition) is 3. The Labute approximate surface area is 354 Å². The van der Waals surface area contributed by atoms with Gasteiger partial charge in [-0.05, 0) is 57.8 Å². The Balaban J connectivity index is 3.46. The molecule has 57 heavy (non-hydrogen) atoms. The molecule has 0 saturated heterocycles. The Morgan fingerprint density at radius 1 is 0.491 bits per heavy atom. The summed E-state index contributed by atoms with van der Waals surface area (Å²) in [7, 11) is 0. The monoisotopic (exact) mass is 804 g/mol. The molecular weight excluding hydrogens is 707 g/mol. The molecule has 0 heterocycles. The van der Waals surface area contributed by atoms with E-state index in [9.17, 15) is 19.8 Å². The molecule has 0 spiro atoms. The summed E-state index contributed by atoms with van der Waals surface area (Å²) in [5.41, 5.74) is 0. The highest BCUT2D eigenvalue weighted by atomic mass is 16.5. The minimum absolute atomic E-state index is 0.0214. The van der Waals surface area contributed by atoms with Gasteiger partial charge >= 0.3 is 5.97 Å². The highest BCUT2D eigenvalue weighted by molar-refractivity contribution is 5.76. The van der Waals surface area contributed by atoms with E-state index in [1.54, 1.807) is 0 Å². The van der Waals surface area contributed by atoms with Crippen molar-refractivity contribution in [3.05, 3.63) is 24.3 Å². The topological polar surface area (TPSA) is 95.9 Å². The molecule has 2 unspecified atom stereocenters. The van der Waals surface area contributed by atoms with Crippen LogP contribution in [0.5, 0.6) is 0 Å². The number of aliphatic hydroxyl groups excluding tert-OH is 2. The zero-order chi connectivity index (χ0) is 41.5. The number of ether oxygens (including phenoxy) is 1. The predicted octanol–water partition coefficient (Wildman–Crippen LogP) is 14.7. The third-order valence-corrected chi connectivity index (χ3v) is 11.5. The molecule has 0 aliphatic heterocycles. The van der Waals surface area contributed by atoms with E-state index in [1.165, 1.54) is 167 Å². The molecule has 0 aliphatic carbocycles. The van der Waals surface area contributed by atoms with Gasteiger partial charge in [-0.1, -0.05) is 218 Å². The fraction of sp³-hybridized carbons (Fsp3) is 0.882. The zero-order valence-electron chi connectivity index (χ0n) is 38.1. The third-order valence-electron chi connectivity index (χ3n) is 11.5. The molecule has 0 aromatic carbocycles. The Bertz CT molecular complexity index is 889. The van der Waals surface area contributed by atoms with Crippen molar-refractivity contribution in [1.29, 1.82) is 0 Å². The van der Waals surface area contributed by atoms with Gasteiger partial charge in [0.05, 0.1) is 25.4 Å². The molecule has 0 aromatic rings. The van der Waals surface area contributed by atoms with Gasteiger partial charge in [-0.15, -0.1) is 0 Å². The first-order valence-electron chi connectivity index (χ1n) is 25.1. The summed E-state index contributed by atoms with van der Waals surface area (Å²) in [5.74, 6) is -0.0771. The van der Waals surface area contributed by atoms with Crippen LogP contribution >= 0.6 is 0 Å². The van der Waals surface area contributed by atoms with E-state index in [4.69, 9.17) is 4.74 Å². The lowest BCUT2D eigenvalue weighted by Crippen LogP contribution is -2.45. The van der Waals surface area contributed by atoms with Gasteiger partial charge in [0.25, 0.3) is 0 Å². The third kappa shape index (κ3) is 43.7. The van der Waals surface area contributed by atoms with Crippen LogP contribution in [-0.4, -0.2) is 47.4 Å². The zero-order valence-corrected chi connectivity index (χ0v) is 38.1. The van der Waals surface area contributed by atoms with Gasteiger partial charge in [0.15, 0.2) is 0 Å². The van der Waals surface area contributed by atoms with Crippen LogP contribution < -0.4 is 5.32 Å². The lowest BCUT2D eigenvalue weighted by atomic mass is 10.0. The van der Waals surface area contributed by atoms with Gasteiger partial charge < -0.3 is 20.3 Å². The number of allylic oxidation sites excluding steroid dienone is 4. The van der Waals surface area contributed by atoms with Gasteiger partial charge in [0, 0.05) is 12.8 Å². The van der Waals surface area contributed by atoms with Crippen molar-refractivity contribution in [3.63, 3.8) is 0 Å². The lowest BCUT2D eigenvalue weighted by molar-refractivity contribution is -0.143. The van der Waals surface area contributed by atoms with Crippen molar-refractivity contribution in [2.45, 2.75) is 276 Å². The van der Waals surface area contributed by atoms with Gasteiger partial charge in [0.1, 0.15) is 0 Å². The molecular formula is C51H97NO5. The van der Waals surface area contributed by atoms with E-state index in [2.05, 4.69) is 43.5 Å². The van der Waals surface area contributed by atoms with Crippen LogP contribution in [0, 0.1) is 0 Å². The lowest BCUT2D eigenvalue weighted by Gasteiger charge is -2.22. The quantitative estimate of drug-likeness (QED) is 0.0324. The largest absolute Gasteiger partial charge is 0.466 e. The summed E-state index contributed by atoms with van der Waals surface area (Å²) >= 11 is 0. The van der Waals surface area contributed by atoms with E-state index in [1.807, 2.05) is 0 Å². The number of rotatable bonds is 46. The number of aliphatic hydroxyl groups is 2. The van der Waals surface area contributed by atoms with E-state index in [-0.39, 0.29) is 18.5 Å². The Kier molecular flexibility index (Phi) is 45.7. The molecule has 3 N–H and O–H groups in total. The van der Waals surface area contributed by atoms with Crippen molar-refractivity contribution in [2.24, 2.45) is 0 Å². The molecule has 336 valence electrons. The minimum atomic E-state index is -0.675. The van der Waals surface area contributed by atoms with Crippen LogP contribution in [0.4, 0.5) is 0 Å². The van der Waals surface area contributed by atoms with Crippen LogP contribution in [-0.2, 0) is 14.3 Å². The first kappa shape index (κ1) is 55.3. The van der Waals surface area contributed by atoms with E-state index >= 15 is 0 Å². The summed E-state index contributed by atoms with van der Waals surface area (Å²) in [4.78, 5) is 24.5. The Hall–Kier alpha value is -1.66. The average Bonchev–Trinajstić information content (AvgIpc) is 3.21. The molecule has 2 atom stereocenters. The van der Waals surface area contributed by atoms with Crippen molar-refractivity contribution < 1.29 is 24.5 Å². The molecule has 6 nitrogen and oxygen atoms in total. The second-order valence-electron chi connectivity index (χ2n) is 17.1. The predicted molar refractivity (Wildman–Crippen MR) is 246 cm³/mol. The first-order valence-corrected chi connectivity index (χ1v) is 25.1. The van der Waals surface area contributed by atoms with Gasteiger partial charge in [-0.2, -0.15) is 0 Å². The number of hydrogen-bond acceptors (Lipinski definition) is 5. The Morgan fingerprint density at radius 2 is 0.877 bits per heavy atom. The van der Waals surface area contributed by atoms with Crippen LogP contribution in [0.3, 0.4) is 0 Å². The van der Waals surface area contributed by atoms with Crippen molar-refractivity contribution in [1.82, 2.24) is 5.32 Å². The minimum Gasteiger partial charge on any atom is -0.466 e. The molecule has 0 aromatic heterocycles. The summed E-state index contributed by atoms with van der Waals surface area (Å²) in [6, 6.07) is -0.554. The maximum Gasteiger partial charge on any atom is 0.305 e. The molecule has 0 saturated carbocycles. The maximum absolute atomic E-state index is 12.4. The first-order chi connectivity index (χ1) is 28.0. The summed E-state index contributed by atoms with van der Waals surface area (Å²) < 4.78 is 5.46. The second kappa shape index (κ2) is 47.0. The molecule has 1 amide bonds. The van der Waals surface area contributed by atoms with Gasteiger partial charge in [-0.3, -0.25) is 9.59 Å². The van der Waals surface area contributed by atoms with Crippen molar-refractivity contribution in [3.8, 4) is 0 Å². The van der Waals surface area contributed by atoms with Crippen molar-refractivity contribution >= 4 is 11.9 Å². The SMILES string of the molecule is CCCCCC/C=C\C/C=C\CCCCCCCCCC(=O)OCCCCCCCCCCCCCC(=O)NC(CO)C(O)CCCCCCCCCCCCC. The van der Waals surface area contributed by atoms with E-state index in [0.29, 0.717) is 25.9 Å². The Morgan fingerprint density at radius 3 is 1.35 bits per heavy atom. The average molecular weight is 804 g/mol. The summed E-state index contributed by atoms with van der Waals surface area (Å²) in [6.07, 6.45) is 54.2. The van der Waals surface area contributed by atoms with Gasteiger partial charge in [-0.25, -0.2) is 0 Å². The number of nitrogens with one attached hydrogen (secondary N) is 1. The van der Waals surface area contributed by atoms with E-state index < -0.39 is 12.1 Å². The molecule has 0 fully saturated rings. The highest BCUT2D eigenvalue weighted by Crippen LogP contribution is 2.16. The standard InChI is InChI=1S/C51H97NO5/c1-3-5-7-9-11-13-15-16-17-18-19-20-21-25-29-33-37-41-45-51(56)57-46-42-38-34-30-26-22-24-28-32-36-40-44-50(55)52-48(47-53)49(54)43-39-35-31-27-23-14-12-10-8-6-4-2/h13,15,17-18,48-49,53-54H,3-12,14,16,19-47H2,1-2H3,(H,52,55)/b15-13-,18-17-. The van der Waals surface area contributed by atoms with E-state index in [0.717, 1.165) is 64.2 Å². The number of esters is 1. The smallest absolute Gasteiger partial charge is 0.305 e. The fourth-order valence-electron chi connectivity index (χ4n) is 7.61. The molecule has 0 radical (unpaired) electrons.